The molecule has 0 saturated heterocycles. The van der Waals surface area contributed by atoms with E-state index in [1.807, 2.05) is 6.07 Å². The first-order valence-electron chi connectivity index (χ1n) is 6.95. The standard InChI is InChI=1S/C15H14N4S2/c1-2-4-13-10(3-1)7-11(8-16-12-5-6-12)14(19-13)20-15-17-9-18-21-15/h1-4,7,9,12,16H,5-6,8H2. The summed E-state index contributed by atoms with van der Waals surface area (Å²) < 4.78 is 5.00. The zero-order valence-corrected chi connectivity index (χ0v) is 13.0. The molecule has 0 spiro atoms. The van der Waals surface area contributed by atoms with Gasteiger partial charge in [0, 0.05) is 18.0 Å². The van der Waals surface area contributed by atoms with E-state index in [4.69, 9.17) is 4.98 Å². The molecule has 3 aromatic rings. The van der Waals surface area contributed by atoms with E-state index >= 15 is 0 Å². The number of benzene rings is 1. The summed E-state index contributed by atoms with van der Waals surface area (Å²) in [6.45, 7) is 0.865. The Morgan fingerprint density at radius 2 is 2.19 bits per heavy atom. The van der Waals surface area contributed by atoms with E-state index in [9.17, 15) is 0 Å². The summed E-state index contributed by atoms with van der Waals surface area (Å²) >= 11 is 3.01. The predicted molar refractivity (Wildman–Crippen MR) is 85.6 cm³/mol. The highest BCUT2D eigenvalue weighted by atomic mass is 32.2. The number of nitrogens with zero attached hydrogens (tertiary/aromatic N) is 3. The molecular weight excluding hydrogens is 300 g/mol. The van der Waals surface area contributed by atoms with Crippen LogP contribution in [0.25, 0.3) is 10.9 Å². The summed E-state index contributed by atoms with van der Waals surface area (Å²) in [5.74, 6) is 0. The van der Waals surface area contributed by atoms with Crippen LogP contribution in [0.15, 0.2) is 46.0 Å². The Bertz CT molecular complexity index is 753. The number of rotatable bonds is 5. The van der Waals surface area contributed by atoms with E-state index in [-0.39, 0.29) is 0 Å². The quantitative estimate of drug-likeness (QED) is 0.781. The number of fused-ring (bicyclic) bond motifs is 1. The molecule has 0 amide bonds. The van der Waals surface area contributed by atoms with E-state index in [0.717, 1.165) is 21.4 Å². The third-order valence-corrected chi connectivity index (χ3v) is 5.21. The molecular formula is C15H14N4S2. The predicted octanol–water partition coefficient (Wildman–Crippen LogP) is 3.49. The second-order valence-electron chi connectivity index (χ2n) is 5.11. The Labute approximate surface area is 131 Å². The van der Waals surface area contributed by atoms with Crippen molar-refractivity contribution in [2.75, 3.05) is 0 Å². The fourth-order valence-corrected chi connectivity index (χ4v) is 3.65. The maximum absolute atomic E-state index is 4.81. The van der Waals surface area contributed by atoms with E-state index < -0.39 is 0 Å². The third kappa shape index (κ3) is 3.07. The van der Waals surface area contributed by atoms with Crippen LogP contribution < -0.4 is 5.32 Å². The molecule has 2 aromatic heterocycles. The van der Waals surface area contributed by atoms with Gasteiger partial charge < -0.3 is 5.32 Å². The van der Waals surface area contributed by atoms with Crippen molar-refractivity contribution < 1.29 is 0 Å². The van der Waals surface area contributed by atoms with Gasteiger partial charge in [-0.25, -0.2) is 9.97 Å². The van der Waals surface area contributed by atoms with Crippen molar-refractivity contribution in [3.05, 3.63) is 42.2 Å². The van der Waals surface area contributed by atoms with E-state index in [1.54, 1.807) is 18.1 Å². The fourth-order valence-electron chi connectivity index (χ4n) is 2.19. The summed E-state index contributed by atoms with van der Waals surface area (Å²) in [7, 11) is 0. The van der Waals surface area contributed by atoms with Gasteiger partial charge in [-0.05, 0) is 53.8 Å². The average Bonchev–Trinajstić information content (AvgIpc) is 3.20. The van der Waals surface area contributed by atoms with Crippen LogP contribution in [0.3, 0.4) is 0 Å². The Hall–Kier alpha value is -1.50. The van der Waals surface area contributed by atoms with Gasteiger partial charge in [-0.1, -0.05) is 18.2 Å². The third-order valence-electron chi connectivity index (χ3n) is 3.45. The molecule has 1 fully saturated rings. The van der Waals surface area contributed by atoms with E-state index in [0.29, 0.717) is 6.04 Å². The molecule has 1 saturated carbocycles. The lowest BCUT2D eigenvalue weighted by Gasteiger charge is -2.10. The molecule has 1 aromatic carbocycles. The fraction of sp³-hybridized carbons (Fsp3) is 0.267. The minimum absolute atomic E-state index is 0.691. The van der Waals surface area contributed by atoms with Crippen LogP contribution in [-0.4, -0.2) is 20.4 Å². The molecule has 1 aliphatic rings. The van der Waals surface area contributed by atoms with Gasteiger partial charge in [-0.3, -0.25) is 0 Å². The van der Waals surface area contributed by atoms with E-state index in [2.05, 4.69) is 38.9 Å². The minimum atomic E-state index is 0.691. The molecule has 4 nitrogen and oxygen atoms in total. The first-order chi connectivity index (χ1) is 10.4. The van der Waals surface area contributed by atoms with Gasteiger partial charge in [-0.15, -0.1) is 0 Å². The molecule has 6 heteroatoms. The molecule has 2 heterocycles. The molecule has 0 atom stereocenters. The topological polar surface area (TPSA) is 50.7 Å². The number of pyridine rings is 1. The van der Waals surface area contributed by atoms with Gasteiger partial charge in [0.2, 0.25) is 0 Å². The normalized spacial score (nSPS) is 14.7. The average molecular weight is 314 g/mol. The molecule has 106 valence electrons. The summed E-state index contributed by atoms with van der Waals surface area (Å²) in [4.78, 5) is 9.06. The zero-order valence-electron chi connectivity index (χ0n) is 11.3. The van der Waals surface area contributed by atoms with Crippen molar-refractivity contribution in [3.8, 4) is 0 Å². The van der Waals surface area contributed by atoms with Crippen LogP contribution in [0.2, 0.25) is 0 Å². The van der Waals surface area contributed by atoms with Gasteiger partial charge in [-0.2, -0.15) is 4.37 Å². The first kappa shape index (κ1) is 13.2. The molecule has 0 aliphatic heterocycles. The highest BCUT2D eigenvalue weighted by molar-refractivity contribution is 8.00. The highest BCUT2D eigenvalue weighted by Crippen LogP contribution is 2.32. The monoisotopic (exact) mass is 314 g/mol. The number of para-hydroxylation sites is 1. The van der Waals surface area contributed by atoms with Crippen molar-refractivity contribution in [2.45, 2.75) is 34.8 Å². The Balaban J connectivity index is 1.70. The molecule has 21 heavy (non-hydrogen) atoms. The lowest BCUT2D eigenvalue weighted by Crippen LogP contribution is -2.16. The smallest absolute Gasteiger partial charge is 0.176 e. The van der Waals surface area contributed by atoms with Gasteiger partial charge in [0.25, 0.3) is 0 Å². The van der Waals surface area contributed by atoms with Crippen molar-refractivity contribution in [1.29, 1.82) is 0 Å². The van der Waals surface area contributed by atoms with Crippen LogP contribution in [0.5, 0.6) is 0 Å². The maximum Gasteiger partial charge on any atom is 0.176 e. The van der Waals surface area contributed by atoms with Gasteiger partial charge in [0.05, 0.1) is 5.52 Å². The minimum Gasteiger partial charge on any atom is -0.310 e. The molecule has 1 aliphatic carbocycles. The van der Waals surface area contributed by atoms with Crippen LogP contribution in [0.1, 0.15) is 18.4 Å². The SMILES string of the molecule is c1ccc2nc(Sc3ncns3)c(CNC3CC3)cc2c1. The largest absolute Gasteiger partial charge is 0.310 e. The maximum atomic E-state index is 4.81. The summed E-state index contributed by atoms with van der Waals surface area (Å²) in [5.41, 5.74) is 2.26. The molecule has 0 radical (unpaired) electrons. The van der Waals surface area contributed by atoms with Crippen molar-refractivity contribution in [2.24, 2.45) is 0 Å². The number of nitrogens with one attached hydrogen (secondary N) is 1. The van der Waals surface area contributed by atoms with Gasteiger partial charge in [0.15, 0.2) is 4.34 Å². The van der Waals surface area contributed by atoms with Crippen molar-refractivity contribution in [3.63, 3.8) is 0 Å². The van der Waals surface area contributed by atoms with Crippen LogP contribution >= 0.6 is 23.3 Å². The Kier molecular flexibility index (Phi) is 3.58. The Morgan fingerprint density at radius 3 is 3.00 bits per heavy atom. The first-order valence-corrected chi connectivity index (χ1v) is 8.54. The summed E-state index contributed by atoms with van der Waals surface area (Å²) in [6.07, 6.45) is 4.18. The summed E-state index contributed by atoms with van der Waals surface area (Å²) in [6, 6.07) is 11.2. The second kappa shape index (κ2) is 5.71. The second-order valence-corrected chi connectivity index (χ2v) is 7.13. The van der Waals surface area contributed by atoms with Crippen molar-refractivity contribution >= 4 is 34.2 Å². The van der Waals surface area contributed by atoms with E-state index in [1.165, 1.54) is 35.3 Å². The van der Waals surface area contributed by atoms with Crippen LogP contribution in [-0.2, 0) is 6.54 Å². The van der Waals surface area contributed by atoms with Crippen LogP contribution in [0, 0.1) is 0 Å². The van der Waals surface area contributed by atoms with Crippen molar-refractivity contribution in [1.82, 2.24) is 19.7 Å². The molecule has 1 N–H and O–H groups in total. The molecule has 4 rings (SSSR count). The van der Waals surface area contributed by atoms with Crippen LogP contribution in [0.4, 0.5) is 0 Å². The number of aromatic nitrogens is 3. The van der Waals surface area contributed by atoms with Gasteiger partial charge in [0.1, 0.15) is 11.4 Å². The molecule has 0 bridgehead atoms. The number of hydrogen-bond donors (Lipinski definition) is 1. The Morgan fingerprint density at radius 1 is 1.29 bits per heavy atom. The highest BCUT2D eigenvalue weighted by Gasteiger charge is 2.21. The summed E-state index contributed by atoms with van der Waals surface area (Å²) in [5, 5.41) is 5.78. The zero-order chi connectivity index (χ0) is 14.1. The molecule has 0 unspecified atom stereocenters. The lowest BCUT2D eigenvalue weighted by molar-refractivity contribution is 0.677. The van der Waals surface area contributed by atoms with Gasteiger partial charge >= 0.3 is 0 Å². The number of hydrogen-bond acceptors (Lipinski definition) is 6. The lowest BCUT2D eigenvalue weighted by atomic mass is 10.1.